The van der Waals surface area contributed by atoms with Gasteiger partial charge in [0.05, 0.1) is 10.9 Å². The third kappa shape index (κ3) is 2.06. The monoisotopic (exact) mass is 291 g/mol. The average molecular weight is 292 g/mol. The van der Waals surface area contributed by atoms with Crippen molar-refractivity contribution in [1.82, 2.24) is 20.2 Å². The number of fused-ring (bicyclic) bond motifs is 1. The molecule has 0 radical (unpaired) electrons. The van der Waals surface area contributed by atoms with Gasteiger partial charge in [0, 0.05) is 28.4 Å². The van der Waals surface area contributed by atoms with Gasteiger partial charge >= 0.3 is 0 Å². The van der Waals surface area contributed by atoms with Crippen molar-refractivity contribution in [3.05, 3.63) is 27.8 Å². The highest BCUT2D eigenvalue weighted by Gasteiger charge is 2.25. The van der Waals surface area contributed by atoms with E-state index in [1.807, 2.05) is 16.8 Å². The zero-order valence-corrected chi connectivity index (χ0v) is 11.4. The zero-order valence-electron chi connectivity index (χ0n) is 9.85. The van der Waals surface area contributed by atoms with E-state index in [1.54, 1.807) is 11.3 Å². The van der Waals surface area contributed by atoms with Crippen LogP contribution in [0, 0.1) is 0 Å². The summed E-state index contributed by atoms with van der Waals surface area (Å²) < 4.78 is 0. The van der Waals surface area contributed by atoms with Crippen LogP contribution < -0.4 is 5.32 Å². The standard InChI is InChI=1S/C12H10ClN5S/c13-12-14-9-5-19-4-7(9)11(16-12)15-10-3-8(17-18-10)6-1-2-6/h3-6H,1-2H2,(H2,14,15,16,17,18). The molecule has 5 nitrogen and oxygen atoms in total. The predicted octanol–water partition coefficient (Wildman–Crippen LogP) is 3.69. The fraction of sp³-hybridized carbons (Fsp3) is 0.250. The van der Waals surface area contributed by atoms with E-state index in [9.17, 15) is 0 Å². The van der Waals surface area contributed by atoms with E-state index in [1.165, 1.54) is 18.5 Å². The van der Waals surface area contributed by atoms with Gasteiger partial charge in [0.25, 0.3) is 0 Å². The van der Waals surface area contributed by atoms with Crippen molar-refractivity contribution in [2.75, 3.05) is 5.32 Å². The van der Waals surface area contributed by atoms with Crippen molar-refractivity contribution in [2.24, 2.45) is 0 Å². The van der Waals surface area contributed by atoms with Crippen molar-refractivity contribution in [3.63, 3.8) is 0 Å². The third-order valence-corrected chi connectivity index (χ3v) is 4.07. The first-order chi connectivity index (χ1) is 9.29. The summed E-state index contributed by atoms with van der Waals surface area (Å²) in [4.78, 5) is 8.41. The Balaban J connectivity index is 1.71. The van der Waals surface area contributed by atoms with Crippen molar-refractivity contribution >= 4 is 45.5 Å². The Morgan fingerprint density at radius 1 is 1.32 bits per heavy atom. The van der Waals surface area contributed by atoms with Crippen molar-refractivity contribution in [3.8, 4) is 0 Å². The van der Waals surface area contributed by atoms with E-state index in [0.717, 1.165) is 16.7 Å². The van der Waals surface area contributed by atoms with E-state index < -0.39 is 0 Å². The Morgan fingerprint density at radius 2 is 2.21 bits per heavy atom. The van der Waals surface area contributed by atoms with Gasteiger partial charge in [-0.25, -0.2) is 4.98 Å². The first-order valence-corrected chi connectivity index (χ1v) is 7.33. The van der Waals surface area contributed by atoms with E-state index in [2.05, 4.69) is 25.5 Å². The first kappa shape index (κ1) is 11.2. The highest BCUT2D eigenvalue weighted by atomic mass is 35.5. The number of hydrogen-bond donors (Lipinski definition) is 2. The molecule has 1 aliphatic carbocycles. The Hall–Kier alpha value is -1.66. The van der Waals surface area contributed by atoms with Crippen LogP contribution >= 0.6 is 22.9 Å². The number of halogens is 1. The van der Waals surface area contributed by atoms with Crippen LogP contribution in [0.25, 0.3) is 10.9 Å². The third-order valence-electron chi connectivity index (χ3n) is 3.17. The van der Waals surface area contributed by atoms with Gasteiger partial charge < -0.3 is 5.32 Å². The van der Waals surface area contributed by atoms with Crippen LogP contribution in [0.15, 0.2) is 16.8 Å². The maximum absolute atomic E-state index is 5.93. The maximum Gasteiger partial charge on any atom is 0.224 e. The summed E-state index contributed by atoms with van der Waals surface area (Å²) in [5, 5.41) is 15.7. The number of aromatic nitrogens is 4. The van der Waals surface area contributed by atoms with Crippen LogP contribution in [0.5, 0.6) is 0 Å². The largest absolute Gasteiger partial charge is 0.323 e. The molecule has 0 aromatic carbocycles. The lowest BCUT2D eigenvalue weighted by atomic mass is 10.3. The summed E-state index contributed by atoms with van der Waals surface area (Å²) in [5.41, 5.74) is 2.04. The lowest BCUT2D eigenvalue weighted by Gasteiger charge is -2.03. The second-order valence-electron chi connectivity index (χ2n) is 4.62. The minimum atomic E-state index is 0.242. The van der Waals surface area contributed by atoms with E-state index >= 15 is 0 Å². The maximum atomic E-state index is 5.93. The number of H-pyrrole nitrogens is 1. The molecule has 7 heteroatoms. The highest BCUT2D eigenvalue weighted by Crippen LogP contribution is 2.39. The molecule has 4 rings (SSSR count). The molecule has 1 saturated carbocycles. The molecule has 1 aliphatic rings. The van der Waals surface area contributed by atoms with Crippen LogP contribution in [-0.4, -0.2) is 20.2 Å². The Kier molecular flexibility index (Phi) is 2.46. The molecular weight excluding hydrogens is 282 g/mol. The van der Waals surface area contributed by atoms with Crippen LogP contribution in [0.4, 0.5) is 11.6 Å². The number of thiophene rings is 1. The van der Waals surface area contributed by atoms with Crippen molar-refractivity contribution in [1.29, 1.82) is 0 Å². The molecule has 0 saturated heterocycles. The van der Waals surface area contributed by atoms with Gasteiger partial charge in [0.15, 0.2) is 5.82 Å². The average Bonchev–Trinajstić information content (AvgIpc) is 2.95. The lowest BCUT2D eigenvalue weighted by Crippen LogP contribution is -1.96. The fourth-order valence-corrected chi connectivity index (χ4v) is 2.97. The van der Waals surface area contributed by atoms with Crippen LogP contribution in [-0.2, 0) is 0 Å². The van der Waals surface area contributed by atoms with Gasteiger partial charge in [-0.3, -0.25) is 5.10 Å². The Bertz CT molecular complexity index is 746. The highest BCUT2D eigenvalue weighted by molar-refractivity contribution is 7.09. The van der Waals surface area contributed by atoms with Gasteiger partial charge in [0.1, 0.15) is 5.82 Å². The molecule has 3 aromatic heterocycles. The first-order valence-electron chi connectivity index (χ1n) is 6.01. The molecule has 19 heavy (non-hydrogen) atoms. The Labute approximate surface area is 118 Å². The second-order valence-corrected chi connectivity index (χ2v) is 5.70. The molecule has 3 heterocycles. The topological polar surface area (TPSA) is 66.5 Å². The molecule has 0 atom stereocenters. The quantitative estimate of drug-likeness (QED) is 0.722. The Morgan fingerprint density at radius 3 is 3.05 bits per heavy atom. The summed E-state index contributed by atoms with van der Waals surface area (Å²) in [6.07, 6.45) is 2.49. The molecule has 0 aliphatic heterocycles. The number of rotatable bonds is 3. The SMILES string of the molecule is Clc1nc(Nc2cc(C3CC3)[nH]n2)c2cscc2n1. The molecule has 0 bridgehead atoms. The summed E-state index contributed by atoms with van der Waals surface area (Å²) in [5.74, 6) is 2.12. The number of nitrogens with one attached hydrogen (secondary N) is 2. The molecule has 0 unspecified atom stereocenters. The van der Waals surface area contributed by atoms with E-state index in [0.29, 0.717) is 11.7 Å². The summed E-state index contributed by atoms with van der Waals surface area (Å²) in [6, 6.07) is 2.03. The summed E-state index contributed by atoms with van der Waals surface area (Å²) in [7, 11) is 0. The van der Waals surface area contributed by atoms with Gasteiger partial charge in [-0.15, -0.1) is 11.3 Å². The molecule has 3 aromatic rings. The minimum absolute atomic E-state index is 0.242. The van der Waals surface area contributed by atoms with Gasteiger partial charge in [-0.05, 0) is 24.4 Å². The molecule has 2 N–H and O–H groups in total. The van der Waals surface area contributed by atoms with Crippen LogP contribution in [0.2, 0.25) is 5.28 Å². The number of nitrogens with zero attached hydrogens (tertiary/aromatic N) is 3. The van der Waals surface area contributed by atoms with Crippen LogP contribution in [0.3, 0.4) is 0 Å². The van der Waals surface area contributed by atoms with Gasteiger partial charge in [-0.2, -0.15) is 10.1 Å². The summed E-state index contributed by atoms with van der Waals surface area (Å²) >= 11 is 7.50. The fourth-order valence-electron chi connectivity index (χ4n) is 2.05. The predicted molar refractivity (Wildman–Crippen MR) is 76.3 cm³/mol. The molecule has 0 spiro atoms. The van der Waals surface area contributed by atoms with Crippen molar-refractivity contribution < 1.29 is 0 Å². The van der Waals surface area contributed by atoms with E-state index in [4.69, 9.17) is 11.6 Å². The molecular formula is C12H10ClN5S. The summed E-state index contributed by atoms with van der Waals surface area (Å²) in [6.45, 7) is 0. The normalized spacial score (nSPS) is 15.0. The smallest absolute Gasteiger partial charge is 0.224 e. The second kappa shape index (κ2) is 4.18. The lowest BCUT2D eigenvalue weighted by molar-refractivity contribution is 0.966. The minimum Gasteiger partial charge on any atom is -0.323 e. The number of hydrogen-bond acceptors (Lipinski definition) is 5. The molecule has 0 amide bonds. The zero-order chi connectivity index (χ0) is 12.8. The van der Waals surface area contributed by atoms with Gasteiger partial charge in [-0.1, -0.05) is 0 Å². The number of anilines is 2. The molecule has 96 valence electrons. The van der Waals surface area contributed by atoms with E-state index in [-0.39, 0.29) is 5.28 Å². The van der Waals surface area contributed by atoms with Gasteiger partial charge in [0.2, 0.25) is 5.28 Å². The number of aromatic amines is 1. The molecule has 1 fully saturated rings. The van der Waals surface area contributed by atoms with Crippen molar-refractivity contribution in [2.45, 2.75) is 18.8 Å². The van der Waals surface area contributed by atoms with Crippen LogP contribution in [0.1, 0.15) is 24.5 Å².